The van der Waals surface area contributed by atoms with Gasteiger partial charge in [0.1, 0.15) is 28.2 Å². The summed E-state index contributed by atoms with van der Waals surface area (Å²) < 4.78 is 15.6. The molecule has 5 nitrogen and oxygen atoms in total. The first-order valence-electron chi connectivity index (χ1n) is 22.2. The summed E-state index contributed by atoms with van der Waals surface area (Å²) in [7, 11) is 0. The van der Waals surface area contributed by atoms with Gasteiger partial charge in [0.25, 0.3) is 0 Å². The van der Waals surface area contributed by atoms with Crippen LogP contribution < -0.4 is 5.73 Å². The molecular weight excluding hydrogens is 827 g/mol. The fraction of sp³-hybridized carbons (Fsp3) is 0.0667. The van der Waals surface area contributed by atoms with Gasteiger partial charge in [-0.2, -0.15) is 0 Å². The molecule has 13 rings (SSSR count). The van der Waals surface area contributed by atoms with Crippen molar-refractivity contribution in [2.24, 2.45) is 10.7 Å². The molecule has 3 heterocycles. The molecule has 66 heavy (non-hydrogen) atoms. The van der Waals surface area contributed by atoms with E-state index in [4.69, 9.17) is 25.0 Å². The summed E-state index contributed by atoms with van der Waals surface area (Å²) in [4.78, 5) is 4.73. The average molecular weight is 870 g/mol. The van der Waals surface area contributed by atoms with Crippen LogP contribution in [0.2, 0.25) is 0 Å². The van der Waals surface area contributed by atoms with Gasteiger partial charge in [-0.1, -0.05) is 153 Å². The Kier molecular flexibility index (Phi) is 9.16. The van der Waals surface area contributed by atoms with Crippen molar-refractivity contribution < 1.29 is 8.83 Å². The number of aryl methyl sites for hydroxylation is 1. The van der Waals surface area contributed by atoms with Crippen LogP contribution in [0.15, 0.2) is 202 Å². The number of fused-ring (bicyclic) bond motifs is 12. The van der Waals surface area contributed by atoms with Crippen LogP contribution in [0.1, 0.15) is 41.7 Å². The van der Waals surface area contributed by atoms with Gasteiger partial charge >= 0.3 is 0 Å². The first-order valence-corrected chi connectivity index (χ1v) is 23.0. The highest BCUT2D eigenvalue weighted by atomic mass is 32.1. The van der Waals surface area contributed by atoms with Crippen molar-refractivity contribution in [1.82, 2.24) is 0 Å². The minimum Gasteiger partial charge on any atom is -0.456 e. The lowest BCUT2D eigenvalue weighted by atomic mass is 9.82. The zero-order valence-electron chi connectivity index (χ0n) is 36.6. The van der Waals surface area contributed by atoms with E-state index in [0.717, 1.165) is 71.7 Å². The number of rotatable bonds is 4. The molecule has 12 aromatic rings. The number of aliphatic imine (C=N–C) groups is 1. The molecule has 1 aliphatic rings. The van der Waals surface area contributed by atoms with Crippen LogP contribution in [0.3, 0.4) is 0 Å². The van der Waals surface area contributed by atoms with Gasteiger partial charge in [-0.05, 0) is 106 Å². The zero-order valence-corrected chi connectivity index (χ0v) is 37.5. The fourth-order valence-corrected chi connectivity index (χ4v) is 11.1. The summed E-state index contributed by atoms with van der Waals surface area (Å²) >= 11 is 1.82. The normalized spacial score (nSPS) is 13.1. The molecular formula is C60H43N3O2S. The Hall–Kier alpha value is -8.06. The molecule has 0 aliphatic heterocycles. The first kappa shape index (κ1) is 39.5. The van der Waals surface area contributed by atoms with Crippen molar-refractivity contribution >= 4 is 87.1 Å². The largest absolute Gasteiger partial charge is 0.456 e. The molecule has 3 aromatic heterocycles. The van der Waals surface area contributed by atoms with Crippen molar-refractivity contribution in [2.75, 3.05) is 0 Å². The molecule has 1 aliphatic carbocycles. The second-order valence-electron chi connectivity index (χ2n) is 17.7. The van der Waals surface area contributed by atoms with E-state index in [0.29, 0.717) is 5.58 Å². The van der Waals surface area contributed by atoms with Crippen LogP contribution in [-0.2, 0) is 5.41 Å². The number of hydrogen-bond acceptors (Lipinski definition) is 4. The fourth-order valence-electron chi connectivity index (χ4n) is 9.99. The minimum atomic E-state index is -0.183. The van der Waals surface area contributed by atoms with E-state index < -0.39 is 0 Å². The number of amidine groups is 2. The van der Waals surface area contributed by atoms with E-state index in [9.17, 15) is 0 Å². The van der Waals surface area contributed by atoms with E-state index in [1.54, 1.807) is 0 Å². The van der Waals surface area contributed by atoms with Gasteiger partial charge in [0.15, 0.2) is 5.84 Å². The van der Waals surface area contributed by atoms with Crippen LogP contribution in [0, 0.1) is 12.3 Å². The highest BCUT2D eigenvalue weighted by Crippen LogP contribution is 2.49. The number of nitrogens with one attached hydrogen (secondary N) is 1. The van der Waals surface area contributed by atoms with Gasteiger partial charge in [0.2, 0.25) is 0 Å². The lowest BCUT2D eigenvalue weighted by Gasteiger charge is -2.21. The van der Waals surface area contributed by atoms with Crippen LogP contribution in [0.4, 0.5) is 0 Å². The van der Waals surface area contributed by atoms with Gasteiger partial charge in [-0.25, -0.2) is 4.99 Å². The second-order valence-corrected chi connectivity index (χ2v) is 18.8. The third-order valence-corrected chi connectivity index (χ3v) is 14.4. The lowest BCUT2D eigenvalue weighted by molar-refractivity contribution is 0.660. The maximum atomic E-state index is 9.13. The van der Waals surface area contributed by atoms with Gasteiger partial charge < -0.3 is 14.6 Å². The van der Waals surface area contributed by atoms with E-state index in [-0.39, 0.29) is 17.1 Å². The number of furan rings is 2. The molecule has 0 fully saturated rings. The second kappa shape index (κ2) is 15.3. The van der Waals surface area contributed by atoms with E-state index in [1.807, 2.05) is 72.0 Å². The Balaban J connectivity index is 0.000000599. The summed E-state index contributed by atoms with van der Waals surface area (Å²) in [5.74, 6) is 0.376. The summed E-state index contributed by atoms with van der Waals surface area (Å²) in [6, 6.07) is 65.3. The van der Waals surface area contributed by atoms with E-state index >= 15 is 0 Å². The van der Waals surface area contributed by atoms with Crippen molar-refractivity contribution in [1.29, 1.82) is 5.41 Å². The molecule has 9 aromatic carbocycles. The zero-order chi connectivity index (χ0) is 44.7. The smallest absolute Gasteiger partial charge is 0.154 e. The summed E-state index contributed by atoms with van der Waals surface area (Å²) in [5, 5.41) is 15.6. The van der Waals surface area contributed by atoms with Crippen LogP contribution in [0.5, 0.6) is 0 Å². The number of nitrogens with zero attached hydrogens (tertiary/aromatic N) is 1. The summed E-state index contributed by atoms with van der Waals surface area (Å²) in [6.07, 6.45) is 0. The number of thiophene rings is 1. The molecule has 0 amide bonds. The molecule has 0 radical (unpaired) electrons. The van der Waals surface area contributed by atoms with Gasteiger partial charge in [-0.15, -0.1) is 11.3 Å². The number of benzene rings is 9. The molecule has 0 saturated carbocycles. The topological polar surface area (TPSA) is 88.5 Å². The molecule has 0 atom stereocenters. The van der Waals surface area contributed by atoms with E-state index in [1.165, 1.54) is 48.0 Å². The van der Waals surface area contributed by atoms with Gasteiger partial charge in [0, 0.05) is 58.3 Å². The molecule has 0 bridgehead atoms. The average Bonchev–Trinajstić information content (AvgIpc) is 4.09. The molecule has 316 valence electrons. The maximum Gasteiger partial charge on any atom is 0.154 e. The van der Waals surface area contributed by atoms with Crippen LogP contribution in [0.25, 0.3) is 97.4 Å². The number of nitrogens with two attached hydrogens (primary N) is 1. The monoisotopic (exact) mass is 869 g/mol. The highest BCUT2D eigenvalue weighted by Gasteiger charge is 2.35. The molecule has 0 spiro atoms. The predicted octanol–water partition coefficient (Wildman–Crippen LogP) is 16.2. The lowest BCUT2D eigenvalue weighted by Crippen LogP contribution is -2.17. The first-order chi connectivity index (χ1) is 32.2. The van der Waals surface area contributed by atoms with Crippen LogP contribution >= 0.6 is 11.3 Å². The molecule has 0 unspecified atom stereocenters. The Bertz CT molecular complexity index is 3960. The SMILES string of the molecule is CC1(C)c2ccccc2-c2ccc(C(=N)N=C(N)c3cccc4oc5ccc(-c6cc(-c7ccc8c(c7)sc7ccccc78)cc7oc8ccccc8c67)cc5c34)cc21.Cc1ccccc1. The quantitative estimate of drug-likeness (QED) is 0.136. The maximum absolute atomic E-state index is 9.13. The predicted molar refractivity (Wildman–Crippen MR) is 277 cm³/mol. The minimum absolute atomic E-state index is 0.113. The third kappa shape index (κ3) is 6.44. The van der Waals surface area contributed by atoms with Crippen molar-refractivity contribution in [3.05, 3.63) is 216 Å². The summed E-state index contributed by atoms with van der Waals surface area (Å²) in [6.45, 7) is 6.56. The van der Waals surface area contributed by atoms with Crippen molar-refractivity contribution in [3.8, 4) is 33.4 Å². The third-order valence-electron chi connectivity index (χ3n) is 13.3. The highest BCUT2D eigenvalue weighted by molar-refractivity contribution is 7.25. The Morgan fingerprint density at radius 1 is 0.500 bits per heavy atom. The van der Waals surface area contributed by atoms with Crippen molar-refractivity contribution in [3.63, 3.8) is 0 Å². The number of para-hydroxylation sites is 1. The van der Waals surface area contributed by atoms with Crippen LogP contribution in [-0.4, -0.2) is 11.7 Å². The molecule has 0 saturated heterocycles. The Morgan fingerprint density at radius 2 is 1.20 bits per heavy atom. The summed E-state index contributed by atoms with van der Waals surface area (Å²) in [5.41, 5.74) is 21.8. The Morgan fingerprint density at radius 3 is 2.05 bits per heavy atom. The van der Waals surface area contributed by atoms with Gasteiger partial charge in [-0.3, -0.25) is 5.41 Å². The molecule has 6 heteroatoms. The Labute approximate surface area is 385 Å². The number of hydrogen-bond donors (Lipinski definition) is 2. The van der Waals surface area contributed by atoms with E-state index in [2.05, 4.69) is 148 Å². The standard InChI is InChI=1S/C53H35N3O2S.C7H8/c1-53(2)41-14-6-3-10-33(41)34-21-19-31(26-42(34)53)51(54)56-52(55)38-13-9-16-45-50(38)40-24-30(20-23-44(40)57-45)39-25-32(27-46-49(39)37-12-4-7-15-43(37)58-46)29-18-22-36-35-11-5-8-17-47(35)59-48(36)28-29;1-7-5-3-2-4-6-7/h3-28H,1-2H3,(H3,54,55,56);2-6H,1H3. The molecule has 3 N–H and O–H groups in total. The van der Waals surface area contributed by atoms with Crippen molar-refractivity contribution in [2.45, 2.75) is 26.2 Å². The van der Waals surface area contributed by atoms with Gasteiger partial charge in [0.05, 0.1) is 0 Å².